The number of carbonyl (C=O) groups is 2. The number of hydrogen-bond acceptors (Lipinski definition) is 4. The summed E-state index contributed by atoms with van der Waals surface area (Å²) < 4.78 is 4.93. The van der Waals surface area contributed by atoms with E-state index in [1.807, 2.05) is 36.4 Å². The van der Waals surface area contributed by atoms with E-state index in [-0.39, 0.29) is 18.4 Å². The Hall–Kier alpha value is -2.28. The van der Waals surface area contributed by atoms with Gasteiger partial charge in [-0.3, -0.25) is 14.5 Å². The van der Waals surface area contributed by atoms with Gasteiger partial charge in [-0.25, -0.2) is 0 Å². The molecule has 140 valence electrons. The third-order valence-electron chi connectivity index (χ3n) is 3.91. The molecule has 0 radical (unpaired) electrons. The minimum atomic E-state index is -0.232. The number of rotatable bonds is 6. The van der Waals surface area contributed by atoms with E-state index in [1.165, 1.54) is 16.7 Å². The number of fused-ring (bicyclic) bond motifs is 1. The van der Waals surface area contributed by atoms with Crippen LogP contribution in [-0.4, -0.2) is 38.6 Å². The van der Waals surface area contributed by atoms with Gasteiger partial charge in [-0.15, -0.1) is 0 Å². The summed E-state index contributed by atoms with van der Waals surface area (Å²) >= 11 is 7.44. The van der Waals surface area contributed by atoms with Gasteiger partial charge in [0, 0.05) is 23.6 Å². The Labute approximate surface area is 167 Å². The second kappa shape index (κ2) is 9.08. The lowest BCUT2D eigenvalue weighted by Crippen LogP contribution is -2.43. The molecule has 27 heavy (non-hydrogen) atoms. The van der Waals surface area contributed by atoms with Crippen molar-refractivity contribution in [1.29, 1.82) is 0 Å². The standard InChI is InChI=1S/C20H19ClN2O3S/c1-26-10-9-22-19(24)13-23-16-7-2-3-8-17(16)27-18(20(23)25)12-14-5-4-6-15(21)11-14/h2-8,11-12H,9-10,13H2,1H3,(H,22,24). The lowest BCUT2D eigenvalue weighted by molar-refractivity contribution is -0.122. The monoisotopic (exact) mass is 402 g/mol. The number of benzene rings is 2. The predicted molar refractivity (Wildman–Crippen MR) is 109 cm³/mol. The topological polar surface area (TPSA) is 58.6 Å². The molecule has 0 fully saturated rings. The maximum Gasteiger partial charge on any atom is 0.265 e. The number of halogens is 1. The maximum absolute atomic E-state index is 13.0. The van der Waals surface area contributed by atoms with Crippen LogP contribution in [0.15, 0.2) is 58.3 Å². The smallest absolute Gasteiger partial charge is 0.265 e. The second-order valence-electron chi connectivity index (χ2n) is 5.87. The van der Waals surface area contributed by atoms with E-state index in [1.54, 1.807) is 25.3 Å². The Morgan fingerprint density at radius 1 is 1.26 bits per heavy atom. The third-order valence-corrected chi connectivity index (χ3v) is 5.22. The van der Waals surface area contributed by atoms with Crippen LogP contribution in [0.3, 0.4) is 0 Å². The molecule has 2 amide bonds. The molecule has 1 N–H and O–H groups in total. The van der Waals surface area contributed by atoms with Crippen LogP contribution in [0.4, 0.5) is 5.69 Å². The summed E-state index contributed by atoms with van der Waals surface area (Å²) in [5.74, 6) is -0.440. The molecule has 0 bridgehead atoms. The minimum absolute atomic E-state index is 0.0486. The molecule has 0 saturated carbocycles. The van der Waals surface area contributed by atoms with Gasteiger partial charge in [0.15, 0.2) is 0 Å². The largest absolute Gasteiger partial charge is 0.383 e. The molecular weight excluding hydrogens is 384 g/mol. The first kappa shape index (κ1) is 19.5. The van der Waals surface area contributed by atoms with E-state index in [9.17, 15) is 9.59 Å². The number of carbonyl (C=O) groups excluding carboxylic acids is 2. The van der Waals surface area contributed by atoms with Crippen LogP contribution in [0.5, 0.6) is 0 Å². The molecule has 0 saturated heterocycles. The Bertz CT molecular complexity index is 885. The molecule has 2 aromatic carbocycles. The number of methoxy groups -OCH3 is 1. The predicted octanol–water partition coefficient (Wildman–Crippen LogP) is 3.58. The SMILES string of the molecule is COCCNC(=O)CN1C(=O)C(=Cc2cccc(Cl)c2)Sc2ccccc21. The summed E-state index contributed by atoms with van der Waals surface area (Å²) in [6.45, 7) is 0.776. The molecule has 1 aliphatic rings. The summed E-state index contributed by atoms with van der Waals surface area (Å²) in [5.41, 5.74) is 1.57. The molecule has 7 heteroatoms. The van der Waals surface area contributed by atoms with Crippen molar-refractivity contribution in [3.63, 3.8) is 0 Å². The first-order valence-corrected chi connectivity index (χ1v) is 9.59. The van der Waals surface area contributed by atoms with E-state index >= 15 is 0 Å². The van der Waals surface area contributed by atoms with Crippen molar-refractivity contribution in [2.75, 3.05) is 31.7 Å². The van der Waals surface area contributed by atoms with Crippen LogP contribution >= 0.6 is 23.4 Å². The van der Waals surface area contributed by atoms with Gasteiger partial charge in [0.05, 0.1) is 17.2 Å². The number of anilines is 1. The van der Waals surface area contributed by atoms with E-state index < -0.39 is 0 Å². The lowest BCUT2D eigenvalue weighted by Gasteiger charge is -2.29. The Morgan fingerprint density at radius 2 is 2.07 bits per heavy atom. The van der Waals surface area contributed by atoms with Crippen LogP contribution in [0.2, 0.25) is 5.02 Å². The Morgan fingerprint density at radius 3 is 2.85 bits per heavy atom. The van der Waals surface area contributed by atoms with E-state index in [0.29, 0.717) is 23.1 Å². The van der Waals surface area contributed by atoms with Crippen molar-refractivity contribution in [3.8, 4) is 0 Å². The zero-order valence-corrected chi connectivity index (χ0v) is 16.3. The number of nitrogens with one attached hydrogen (secondary N) is 1. The first-order valence-electron chi connectivity index (χ1n) is 8.40. The zero-order valence-electron chi connectivity index (χ0n) is 14.8. The fraction of sp³-hybridized carbons (Fsp3) is 0.200. The number of thioether (sulfide) groups is 1. The lowest BCUT2D eigenvalue weighted by atomic mass is 10.2. The summed E-state index contributed by atoms with van der Waals surface area (Å²) in [6.07, 6.45) is 1.80. The van der Waals surface area contributed by atoms with Crippen molar-refractivity contribution < 1.29 is 14.3 Å². The average molecular weight is 403 g/mol. The highest BCUT2D eigenvalue weighted by molar-refractivity contribution is 8.04. The zero-order chi connectivity index (χ0) is 19.2. The molecule has 0 aliphatic carbocycles. The molecule has 2 aromatic rings. The summed E-state index contributed by atoms with van der Waals surface area (Å²) in [6, 6.07) is 14.9. The van der Waals surface area contributed by atoms with Crippen LogP contribution in [0.1, 0.15) is 5.56 Å². The van der Waals surface area contributed by atoms with Crippen molar-refractivity contribution in [2.45, 2.75) is 4.90 Å². The van der Waals surface area contributed by atoms with Crippen molar-refractivity contribution in [2.24, 2.45) is 0 Å². The highest BCUT2D eigenvalue weighted by atomic mass is 35.5. The fourth-order valence-electron chi connectivity index (χ4n) is 2.66. The van der Waals surface area contributed by atoms with E-state index in [2.05, 4.69) is 5.32 Å². The Kier molecular flexibility index (Phi) is 6.55. The van der Waals surface area contributed by atoms with Crippen molar-refractivity contribution >= 4 is 46.9 Å². The van der Waals surface area contributed by atoms with E-state index in [0.717, 1.165) is 16.1 Å². The van der Waals surface area contributed by atoms with Gasteiger partial charge in [0.25, 0.3) is 5.91 Å². The number of para-hydroxylation sites is 1. The minimum Gasteiger partial charge on any atom is -0.383 e. The van der Waals surface area contributed by atoms with Gasteiger partial charge in [-0.05, 0) is 35.9 Å². The number of nitrogens with zero attached hydrogens (tertiary/aromatic N) is 1. The Balaban J connectivity index is 1.87. The highest BCUT2D eigenvalue weighted by Crippen LogP contribution is 2.41. The molecule has 3 rings (SSSR count). The quantitative estimate of drug-likeness (QED) is 0.592. The van der Waals surface area contributed by atoms with Gasteiger partial charge in [0.2, 0.25) is 5.91 Å². The van der Waals surface area contributed by atoms with Gasteiger partial charge in [-0.2, -0.15) is 0 Å². The van der Waals surface area contributed by atoms with Crippen LogP contribution < -0.4 is 10.2 Å². The number of amides is 2. The summed E-state index contributed by atoms with van der Waals surface area (Å²) in [5, 5.41) is 3.36. The summed E-state index contributed by atoms with van der Waals surface area (Å²) in [4.78, 5) is 28.3. The molecule has 0 spiro atoms. The van der Waals surface area contributed by atoms with Crippen molar-refractivity contribution in [3.05, 3.63) is 64.0 Å². The van der Waals surface area contributed by atoms with Gasteiger partial charge in [-0.1, -0.05) is 47.6 Å². The second-order valence-corrected chi connectivity index (χ2v) is 7.39. The molecular formula is C20H19ClN2O3S. The molecule has 0 unspecified atom stereocenters. The van der Waals surface area contributed by atoms with Crippen LogP contribution in [0.25, 0.3) is 6.08 Å². The molecule has 0 aromatic heterocycles. The van der Waals surface area contributed by atoms with Gasteiger partial charge in [0.1, 0.15) is 6.54 Å². The highest BCUT2D eigenvalue weighted by Gasteiger charge is 2.30. The molecule has 1 heterocycles. The summed E-state index contributed by atoms with van der Waals surface area (Å²) in [7, 11) is 1.57. The number of hydrogen-bond donors (Lipinski definition) is 1. The average Bonchev–Trinajstić information content (AvgIpc) is 2.65. The molecule has 1 aliphatic heterocycles. The van der Waals surface area contributed by atoms with Crippen LogP contribution in [-0.2, 0) is 14.3 Å². The van der Waals surface area contributed by atoms with Crippen LogP contribution in [0, 0.1) is 0 Å². The molecule has 0 atom stereocenters. The van der Waals surface area contributed by atoms with E-state index in [4.69, 9.17) is 16.3 Å². The van der Waals surface area contributed by atoms with Gasteiger partial charge < -0.3 is 10.1 Å². The molecule has 5 nitrogen and oxygen atoms in total. The first-order chi connectivity index (χ1) is 13.1. The maximum atomic E-state index is 13.0. The van der Waals surface area contributed by atoms with Crippen molar-refractivity contribution in [1.82, 2.24) is 5.32 Å². The normalized spacial score (nSPS) is 15.0. The fourth-order valence-corrected chi connectivity index (χ4v) is 3.92. The van der Waals surface area contributed by atoms with Gasteiger partial charge >= 0.3 is 0 Å². The third kappa shape index (κ3) is 4.91. The number of ether oxygens (including phenoxy) is 1.